The van der Waals surface area contributed by atoms with Crippen molar-refractivity contribution < 1.29 is 19.0 Å². The van der Waals surface area contributed by atoms with Crippen molar-refractivity contribution in [1.29, 1.82) is 0 Å². The van der Waals surface area contributed by atoms with Crippen LogP contribution in [0.15, 0.2) is 42.5 Å². The monoisotopic (exact) mass is 345 g/mol. The van der Waals surface area contributed by atoms with Crippen LogP contribution in [0.2, 0.25) is 0 Å². The number of hydrogen-bond acceptors (Lipinski definition) is 4. The number of halogens is 1. The average molecular weight is 345 g/mol. The van der Waals surface area contributed by atoms with Gasteiger partial charge in [-0.15, -0.1) is 0 Å². The van der Waals surface area contributed by atoms with Crippen molar-refractivity contribution in [2.24, 2.45) is 0 Å². The molecular formula is C20H24FNO3. The summed E-state index contributed by atoms with van der Waals surface area (Å²) in [7, 11) is 1.54. The number of nitrogens with zero attached hydrogens (tertiary/aromatic N) is 1. The molecule has 5 heteroatoms. The van der Waals surface area contributed by atoms with Gasteiger partial charge in [0.1, 0.15) is 5.82 Å². The smallest absolute Gasteiger partial charge is 0.162 e. The predicted molar refractivity (Wildman–Crippen MR) is 94.1 cm³/mol. The predicted octanol–water partition coefficient (Wildman–Crippen LogP) is 3.72. The second-order valence-corrected chi connectivity index (χ2v) is 6.40. The largest absolute Gasteiger partial charge is 0.504 e. The Morgan fingerprint density at radius 1 is 1.24 bits per heavy atom. The van der Waals surface area contributed by atoms with E-state index in [0.717, 1.165) is 37.1 Å². The number of aromatic hydroxyl groups is 1. The van der Waals surface area contributed by atoms with E-state index in [9.17, 15) is 9.50 Å². The third-order valence-corrected chi connectivity index (χ3v) is 4.48. The van der Waals surface area contributed by atoms with Crippen LogP contribution in [0.5, 0.6) is 11.5 Å². The molecule has 2 aromatic rings. The second-order valence-electron chi connectivity index (χ2n) is 6.40. The number of hydrogen-bond donors (Lipinski definition) is 1. The van der Waals surface area contributed by atoms with E-state index in [1.807, 2.05) is 18.2 Å². The fourth-order valence-corrected chi connectivity index (χ4v) is 3.26. The van der Waals surface area contributed by atoms with Gasteiger partial charge in [-0.05, 0) is 36.6 Å². The molecule has 3 rings (SSSR count). The van der Waals surface area contributed by atoms with Crippen LogP contribution in [0.3, 0.4) is 0 Å². The van der Waals surface area contributed by atoms with Crippen molar-refractivity contribution in [2.45, 2.75) is 32.0 Å². The normalized spacial score (nSPS) is 17.2. The van der Waals surface area contributed by atoms with Crippen LogP contribution in [-0.2, 0) is 17.8 Å². The van der Waals surface area contributed by atoms with E-state index >= 15 is 0 Å². The van der Waals surface area contributed by atoms with E-state index in [4.69, 9.17) is 9.47 Å². The summed E-state index contributed by atoms with van der Waals surface area (Å²) in [6.45, 7) is 2.67. The first-order valence-electron chi connectivity index (χ1n) is 8.59. The molecule has 0 aromatic heterocycles. The molecule has 1 atom stereocenters. The summed E-state index contributed by atoms with van der Waals surface area (Å²) in [6, 6.07) is 12.1. The zero-order valence-electron chi connectivity index (χ0n) is 14.5. The van der Waals surface area contributed by atoms with E-state index in [2.05, 4.69) is 4.90 Å². The molecule has 1 unspecified atom stereocenters. The van der Waals surface area contributed by atoms with Crippen LogP contribution in [-0.4, -0.2) is 36.4 Å². The minimum Gasteiger partial charge on any atom is -0.504 e. The lowest BCUT2D eigenvalue weighted by Gasteiger charge is -2.26. The Bertz CT molecular complexity index is 701. The third kappa shape index (κ3) is 4.71. The highest BCUT2D eigenvalue weighted by Gasteiger charge is 2.21. The Kier molecular flexibility index (Phi) is 5.89. The Balaban J connectivity index is 1.78. The SMILES string of the molecule is COc1cccc(CN(Cc2cccc(F)c2)CC2CCCO2)c1O. The molecule has 0 radical (unpaired) electrons. The van der Waals surface area contributed by atoms with Crippen molar-refractivity contribution >= 4 is 0 Å². The lowest BCUT2D eigenvalue weighted by molar-refractivity contribution is 0.0675. The molecule has 2 aromatic carbocycles. The van der Waals surface area contributed by atoms with Gasteiger partial charge in [-0.2, -0.15) is 0 Å². The summed E-state index contributed by atoms with van der Waals surface area (Å²) in [5.74, 6) is 0.376. The van der Waals surface area contributed by atoms with E-state index in [1.54, 1.807) is 18.2 Å². The Labute approximate surface area is 147 Å². The lowest BCUT2D eigenvalue weighted by Crippen LogP contribution is -2.31. The topological polar surface area (TPSA) is 41.9 Å². The van der Waals surface area contributed by atoms with Crippen LogP contribution in [0.1, 0.15) is 24.0 Å². The summed E-state index contributed by atoms with van der Waals surface area (Å²) in [5, 5.41) is 10.4. The standard InChI is InChI=1S/C20H24FNO3/c1-24-19-9-3-6-16(20(19)23)13-22(14-18-8-4-10-25-18)12-15-5-2-7-17(21)11-15/h2-3,5-7,9,11,18,23H,4,8,10,12-14H2,1H3. The van der Waals surface area contributed by atoms with E-state index < -0.39 is 0 Å². The van der Waals surface area contributed by atoms with Gasteiger partial charge >= 0.3 is 0 Å². The van der Waals surface area contributed by atoms with Gasteiger partial charge in [0.15, 0.2) is 11.5 Å². The number of phenolic OH excluding ortho intramolecular Hbond substituents is 1. The van der Waals surface area contributed by atoms with Crippen LogP contribution in [0.4, 0.5) is 4.39 Å². The summed E-state index contributed by atoms with van der Waals surface area (Å²) in [4.78, 5) is 2.18. The van der Waals surface area contributed by atoms with E-state index in [0.29, 0.717) is 18.8 Å². The van der Waals surface area contributed by atoms with Gasteiger partial charge in [0.05, 0.1) is 13.2 Å². The molecule has 1 heterocycles. The third-order valence-electron chi connectivity index (χ3n) is 4.48. The summed E-state index contributed by atoms with van der Waals surface area (Å²) < 4.78 is 24.5. The van der Waals surface area contributed by atoms with Crippen molar-refractivity contribution in [3.63, 3.8) is 0 Å². The van der Waals surface area contributed by atoms with Gasteiger partial charge in [-0.1, -0.05) is 24.3 Å². The minimum absolute atomic E-state index is 0.154. The fourth-order valence-electron chi connectivity index (χ4n) is 3.26. The molecule has 1 aliphatic heterocycles. The summed E-state index contributed by atoms with van der Waals surface area (Å²) >= 11 is 0. The molecule has 0 spiro atoms. The number of benzene rings is 2. The first-order valence-corrected chi connectivity index (χ1v) is 8.59. The molecular weight excluding hydrogens is 321 g/mol. The number of para-hydroxylation sites is 1. The second kappa shape index (κ2) is 8.32. The lowest BCUT2D eigenvalue weighted by atomic mass is 10.1. The number of phenols is 1. The maximum Gasteiger partial charge on any atom is 0.162 e. The molecule has 1 aliphatic rings. The molecule has 134 valence electrons. The summed E-state index contributed by atoms with van der Waals surface area (Å²) in [5.41, 5.74) is 1.69. The van der Waals surface area contributed by atoms with Gasteiger partial charge in [0.25, 0.3) is 0 Å². The van der Waals surface area contributed by atoms with Gasteiger partial charge in [0, 0.05) is 31.8 Å². The van der Waals surface area contributed by atoms with Crippen molar-refractivity contribution in [1.82, 2.24) is 4.90 Å². The Morgan fingerprint density at radius 3 is 2.80 bits per heavy atom. The average Bonchev–Trinajstić information content (AvgIpc) is 3.10. The van der Waals surface area contributed by atoms with Gasteiger partial charge in [0.2, 0.25) is 0 Å². The zero-order valence-corrected chi connectivity index (χ0v) is 14.5. The molecule has 0 aliphatic carbocycles. The number of ether oxygens (including phenoxy) is 2. The first-order chi connectivity index (χ1) is 12.2. The number of rotatable bonds is 7. The molecule has 25 heavy (non-hydrogen) atoms. The van der Waals surface area contributed by atoms with Gasteiger partial charge in [-0.3, -0.25) is 4.90 Å². The van der Waals surface area contributed by atoms with Crippen molar-refractivity contribution in [2.75, 3.05) is 20.3 Å². The van der Waals surface area contributed by atoms with Gasteiger partial charge < -0.3 is 14.6 Å². The van der Waals surface area contributed by atoms with Gasteiger partial charge in [-0.25, -0.2) is 4.39 Å². The Hall–Kier alpha value is -2.11. The van der Waals surface area contributed by atoms with Crippen molar-refractivity contribution in [3.8, 4) is 11.5 Å². The molecule has 0 amide bonds. The zero-order chi connectivity index (χ0) is 17.6. The highest BCUT2D eigenvalue weighted by molar-refractivity contribution is 5.45. The maximum absolute atomic E-state index is 13.5. The molecule has 1 fully saturated rings. The highest BCUT2D eigenvalue weighted by atomic mass is 19.1. The molecule has 1 saturated heterocycles. The number of methoxy groups -OCH3 is 1. The van der Waals surface area contributed by atoms with Crippen LogP contribution < -0.4 is 4.74 Å². The first kappa shape index (κ1) is 17.7. The van der Waals surface area contributed by atoms with Crippen LogP contribution >= 0.6 is 0 Å². The fraction of sp³-hybridized carbons (Fsp3) is 0.400. The Morgan fingerprint density at radius 2 is 2.08 bits per heavy atom. The minimum atomic E-state index is -0.237. The van der Waals surface area contributed by atoms with Crippen LogP contribution in [0.25, 0.3) is 0 Å². The van der Waals surface area contributed by atoms with E-state index in [1.165, 1.54) is 13.2 Å². The molecule has 1 N–H and O–H groups in total. The quantitative estimate of drug-likeness (QED) is 0.830. The summed E-state index contributed by atoms with van der Waals surface area (Å²) in [6.07, 6.45) is 2.29. The van der Waals surface area contributed by atoms with E-state index in [-0.39, 0.29) is 17.7 Å². The molecule has 4 nitrogen and oxygen atoms in total. The highest BCUT2D eigenvalue weighted by Crippen LogP contribution is 2.31. The van der Waals surface area contributed by atoms with Crippen LogP contribution in [0, 0.1) is 5.82 Å². The molecule has 0 saturated carbocycles. The molecule has 0 bridgehead atoms. The van der Waals surface area contributed by atoms with Crippen molar-refractivity contribution in [3.05, 3.63) is 59.4 Å². The maximum atomic E-state index is 13.5.